The van der Waals surface area contributed by atoms with Gasteiger partial charge < -0.3 is 10.1 Å². The number of hydrogen-bond donors (Lipinski definition) is 2. The van der Waals surface area contributed by atoms with Crippen LogP contribution in [0.15, 0.2) is 48.5 Å². The third kappa shape index (κ3) is 3.04. The highest BCUT2D eigenvalue weighted by molar-refractivity contribution is 5.98. The molecule has 3 rings (SSSR count). The number of carbonyl (C=O) groups is 1. The first-order valence-corrected chi connectivity index (χ1v) is 7.44. The second kappa shape index (κ2) is 6.12. The summed E-state index contributed by atoms with van der Waals surface area (Å²) in [6, 6.07) is 15.7. The molecule has 1 saturated heterocycles. The van der Waals surface area contributed by atoms with Crippen LogP contribution < -0.4 is 10.1 Å². The van der Waals surface area contributed by atoms with Gasteiger partial charge in [-0.2, -0.15) is 0 Å². The fraction of sp³-hybridized carbons (Fsp3) is 0.222. The predicted octanol–water partition coefficient (Wildman–Crippen LogP) is 2.79. The topological polar surface area (TPSA) is 65.4 Å². The van der Waals surface area contributed by atoms with Gasteiger partial charge in [-0.3, -0.25) is 15.1 Å². The number of ether oxygens (including phenoxy) is 1. The number of hydrogen-bond acceptors (Lipinski definition) is 3. The fourth-order valence-corrected chi connectivity index (χ4v) is 2.69. The van der Waals surface area contributed by atoms with Gasteiger partial charge in [0.1, 0.15) is 5.75 Å². The van der Waals surface area contributed by atoms with Crippen molar-refractivity contribution < 1.29 is 9.53 Å². The van der Waals surface area contributed by atoms with Crippen molar-refractivity contribution in [1.82, 2.24) is 10.2 Å². The van der Waals surface area contributed by atoms with Crippen LogP contribution in [0, 0.1) is 5.41 Å². The van der Waals surface area contributed by atoms with Gasteiger partial charge in [-0.15, -0.1) is 0 Å². The predicted molar refractivity (Wildman–Crippen MR) is 89.4 cm³/mol. The number of nitrogens with zero attached hydrogens (tertiary/aromatic N) is 1. The zero-order valence-corrected chi connectivity index (χ0v) is 13.2. The summed E-state index contributed by atoms with van der Waals surface area (Å²) in [6.45, 7) is 0. The lowest BCUT2D eigenvalue weighted by Crippen LogP contribution is -2.49. The number of benzene rings is 2. The van der Waals surface area contributed by atoms with Crippen molar-refractivity contribution in [3.8, 4) is 16.9 Å². The number of amides is 1. The third-order valence-corrected chi connectivity index (χ3v) is 4.09. The molecule has 5 nitrogen and oxygen atoms in total. The van der Waals surface area contributed by atoms with Gasteiger partial charge in [0, 0.05) is 7.05 Å². The standard InChI is InChI=1S/C18H19N3O2/c1-21-17(22)11-16(20-18(21)19)14-7-3-5-12(9-14)13-6-4-8-15(10-13)23-2/h3-10,16H,11H2,1-2H3,(H2,19,20)/t16-/m0/s1. The maximum absolute atomic E-state index is 12.0. The van der Waals surface area contributed by atoms with Crippen LogP contribution in [0.3, 0.4) is 0 Å². The number of nitrogens with one attached hydrogen (secondary N) is 2. The molecule has 0 saturated carbocycles. The molecular weight excluding hydrogens is 290 g/mol. The molecule has 0 aliphatic carbocycles. The van der Waals surface area contributed by atoms with E-state index in [1.165, 1.54) is 4.90 Å². The minimum Gasteiger partial charge on any atom is -0.497 e. The summed E-state index contributed by atoms with van der Waals surface area (Å²) < 4.78 is 5.27. The largest absolute Gasteiger partial charge is 0.497 e. The molecular formula is C18H19N3O2. The van der Waals surface area contributed by atoms with Gasteiger partial charge in [-0.1, -0.05) is 30.3 Å². The van der Waals surface area contributed by atoms with Crippen LogP contribution in [0.4, 0.5) is 0 Å². The van der Waals surface area contributed by atoms with E-state index in [1.807, 2.05) is 42.5 Å². The lowest BCUT2D eigenvalue weighted by Gasteiger charge is -2.31. The first kappa shape index (κ1) is 15.1. The Morgan fingerprint density at radius 1 is 1.17 bits per heavy atom. The molecule has 1 atom stereocenters. The zero-order valence-electron chi connectivity index (χ0n) is 13.2. The van der Waals surface area contributed by atoms with Crippen molar-refractivity contribution in [2.75, 3.05) is 14.2 Å². The molecule has 23 heavy (non-hydrogen) atoms. The van der Waals surface area contributed by atoms with Crippen LogP contribution in [0.5, 0.6) is 5.75 Å². The number of methoxy groups -OCH3 is 1. The van der Waals surface area contributed by atoms with E-state index in [0.717, 1.165) is 22.4 Å². The molecule has 2 N–H and O–H groups in total. The Bertz CT molecular complexity index is 739. The Morgan fingerprint density at radius 3 is 2.57 bits per heavy atom. The molecule has 1 aliphatic heterocycles. The molecule has 1 aliphatic rings. The van der Waals surface area contributed by atoms with Crippen molar-refractivity contribution in [3.63, 3.8) is 0 Å². The molecule has 1 fully saturated rings. The number of carbonyl (C=O) groups excluding carboxylic acids is 1. The molecule has 0 aromatic heterocycles. The molecule has 1 amide bonds. The normalized spacial score (nSPS) is 17.8. The van der Waals surface area contributed by atoms with Gasteiger partial charge in [0.2, 0.25) is 5.91 Å². The van der Waals surface area contributed by atoms with Gasteiger partial charge in [0.05, 0.1) is 19.6 Å². The summed E-state index contributed by atoms with van der Waals surface area (Å²) >= 11 is 0. The van der Waals surface area contributed by atoms with E-state index in [4.69, 9.17) is 10.1 Å². The van der Waals surface area contributed by atoms with E-state index in [-0.39, 0.29) is 17.9 Å². The molecule has 2 aromatic carbocycles. The highest BCUT2D eigenvalue weighted by atomic mass is 16.5. The lowest BCUT2D eigenvalue weighted by molar-refractivity contribution is -0.128. The van der Waals surface area contributed by atoms with Gasteiger partial charge in [0.25, 0.3) is 0 Å². The Kier molecular flexibility index (Phi) is 4.02. The SMILES string of the molecule is COc1cccc(-c2cccc([C@@H]3CC(=O)N(C)C(=N)N3)c2)c1. The zero-order chi connectivity index (χ0) is 16.4. The third-order valence-electron chi connectivity index (χ3n) is 4.09. The van der Waals surface area contributed by atoms with Crippen LogP contribution >= 0.6 is 0 Å². The van der Waals surface area contributed by atoms with E-state index in [0.29, 0.717) is 6.42 Å². The highest BCUT2D eigenvalue weighted by Gasteiger charge is 2.27. The smallest absolute Gasteiger partial charge is 0.231 e. The molecule has 1 heterocycles. The molecule has 0 unspecified atom stereocenters. The molecule has 0 radical (unpaired) electrons. The molecule has 0 spiro atoms. The first-order valence-electron chi connectivity index (χ1n) is 7.44. The van der Waals surface area contributed by atoms with Crippen LogP contribution in [-0.2, 0) is 4.79 Å². The lowest BCUT2D eigenvalue weighted by atomic mass is 9.96. The number of guanidine groups is 1. The van der Waals surface area contributed by atoms with Gasteiger partial charge in [-0.05, 0) is 34.9 Å². The van der Waals surface area contributed by atoms with Crippen LogP contribution in [0.25, 0.3) is 11.1 Å². The van der Waals surface area contributed by atoms with E-state index < -0.39 is 0 Å². The Balaban J connectivity index is 1.91. The molecule has 5 heteroatoms. The molecule has 118 valence electrons. The quantitative estimate of drug-likeness (QED) is 0.916. The van der Waals surface area contributed by atoms with Crippen molar-refractivity contribution >= 4 is 11.9 Å². The summed E-state index contributed by atoms with van der Waals surface area (Å²) in [7, 11) is 3.26. The van der Waals surface area contributed by atoms with Gasteiger partial charge in [-0.25, -0.2) is 0 Å². The Morgan fingerprint density at radius 2 is 1.87 bits per heavy atom. The maximum Gasteiger partial charge on any atom is 0.231 e. The summed E-state index contributed by atoms with van der Waals surface area (Å²) in [4.78, 5) is 13.3. The maximum atomic E-state index is 12.0. The average Bonchev–Trinajstić information content (AvgIpc) is 2.59. The number of rotatable bonds is 3. The van der Waals surface area contributed by atoms with Crippen LogP contribution in [0.1, 0.15) is 18.0 Å². The van der Waals surface area contributed by atoms with Gasteiger partial charge in [0.15, 0.2) is 5.96 Å². The second-order valence-electron chi connectivity index (χ2n) is 5.56. The Labute approximate surface area is 135 Å². The summed E-state index contributed by atoms with van der Waals surface area (Å²) in [5.74, 6) is 0.894. The van der Waals surface area contributed by atoms with E-state index in [2.05, 4.69) is 11.4 Å². The van der Waals surface area contributed by atoms with Crippen LogP contribution in [0.2, 0.25) is 0 Å². The molecule has 2 aromatic rings. The van der Waals surface area contributed by atoms with E-state index in [1.54, 1.807) is 14.2 Å². The Hall–Kier alpha value is -2.82. The highest BCUT2D eigenvalue weighted by Crippen LogP contribution is 2.28. The van der Waals surface area contributed by atoms with Crippen molar-refractivity contribution in [3.05, 3.63) is 54.1 Å². The summed E-state index contributed by atoms with van der Waals surface area (Å²) in [5, 5.41) is 10.9. The van der Waals surface area contributed by atoms with Crippen molar-refractivity contribution in [1.29, 1.82) is 5.41 Å². The van der Waals surface area contributed by atoms with Crippen molar-refractivity contribution in [2.45, 2.75) is 12.5 Å². The minimum absolute atomic E-state index is 0.0504. The van der Waals surface area contributed by atoms with E-state index >= 15 is 0 Å². The first-order chi connectivity index (χ1) is 11.1. The molecule has 0 bridgehead atoms. The van der Waals surface area contributed by atoms with Crippen LogP contribution in [-0.4, -0.2) is 30.9 Å². The van der Waals surface area contributed by atoms with Gasteiger partial charge >= 0.3 is 0 Å². The average molecular weight is 309 g/mol. The van der Waals surface area contributed by atoms with E-state index in [9.17, 15) is 4.79 Å². The summed E-state index contributed by atoms with van der Waals surface area (Å²) in [5.41, 5.74) is 3.11. The second-order valence-corrected chi connectivity index (χ2v) is 5.56. The summed E-state index contributed by atoms with van der Waals surface area (Å²) in [6.07, 6.45) is 0.348. The minimum atomic E-state index is -0.170. The van der Waals surface area contributed by atoms with Crippen molar-refractivity contribution in [2.24, 2.45) is 0 Å². The monoisotopic (exact) mass is 309 g/mol. The fourth-order valence-electron chi connectivity index (χ4n) is 2.69.